The van der Waals surface area contributed by atoms with Crippen molar-refractivity contribution in [3.8, 4) is 0 Å². The number of hydrogen-bond donors (Lipinski definition) is 1. The zero-order chi connectivity index (χ0) is 11.7. The predicted octanol–water partition coefficient (Wildman–Crippen LogP) is 3.94. The van der Waals surface area contributed by atoms with E-state index in [0.717, 1.165) is 11.3 Å². The molecule has 0 fully saturated rings. The molecule has 0 amide bonds. The topological polar surface area (TPSA) is 39.2 Å². The van der Waals surface area contributed by atoms with E-state index >= 15 is 0 Å². The maximum atomic E-state index is 6.07. The molecule has 0 bridgehead atoms. The van der Waals surface area contributed by atoms with Crippen LogP contribution in [-0.4, -0.2) is 0 Å². The minimum absolute atomic E-state index is 0.363. The maximum Gasteiger partial charge on any atom is 0.125 e. The van der Waals surface area contributed by atoms with Crippen LogP contribution >= 0.6 is 23.2 Å². The summed E-state index contributed by atoms with van der Waals surface area (Å²) in [7, 11) is 0. The molecule has 2 N–H and O–H groups in total. The van der Waals surface area contributed by atoms with Gasteiger partial charge in [-0.1, -0.05) is 29.3 Å². The summed E-state index contributed by atoms with van der Waals surface area (Å²) in [5, 5.41) is 1.14. The number of benzene rings is 1. The molecule has 0 aliphatic heterocycles. The smallest absolute Gasteiger partial charge is 0.125 e. The Morgan fingerprint density at radius 2 is 1.94 bits per heavy atom. The fourth-order valence-electron chi connectivity index (χ4n) is 1.53. The van der Waals surface area contributed by atoms with Crippen molar-refractivity contribution in [1.82, 2.24) is 0 Å². The van der Waals surface area contributed by atoms with Gasteiger partial charge < -0.3 is 10.2 Å². The molecule has 0 saturated heterocycles. The lowest BCUT2D eigenvalue weighted by atomic mass is 10.1. The van der Waals surface area contributed by atoms with Gasteiger partial charge in [0.1, 0.15) is 11.5 Å². The highest BCUT2D eigenvalue weighted by molar-refractivity contribution is 6.35. The standard InChI is InChI=1S/C12H11Cl2NO/c1-7-2-5-11(16-7)12(15)9-4-3-8(13)6-10(9)14/h2-6,12H,15H2,1H3. The van der Waals surface area contributed by atoms with Gasteiger partial charge in [-0.2, -0.15) is 0 Å². The number of halogens is 2. The molecule has 2 aromatic rings. The molecule has 0 saturated carbocycles. The molecule has 16 heavy (non-hydrogen) atoms. The summed E-state index contributed by atoms with van der Waals surface area (Å²) in [6.45, 7) is 1.87. The van der Waals surface area contributed by atoms with Gasteiger partial charge in [-0.25, -0.2) is 0 Å². The molecular formula is C12H11Cl2NO. The highest BCUT2D eigenvalue weighted by Gasteiger charge is 2.15. The van der Waals surface area contributed by atoms with Crippen molar-refractivity contribution < 1.29 is 4.42 Å². The molecule has 4 heteroatoms. The van der Waals surface area contributed by atoms with Crippen molar-refractivity contribution in [2.24, 2.45) is 5.73 Å². The van der Waals surface area contributed by atoms with Gasteiger partial charge in [-0.15, -0.1) is 0 Å². The molecule has 1 aromatic carbocycles. The Balaban J connectivity index is 2.37. The van der Waals surface area contributed by atoms with E-state index in [2.05, 4.69) is 0 Å². The zero-order valence-corrected chi connectivity index (χ0v) is 10.2. The zero-order valence-electron chi connectivity index (χ0n) is 8.71. The summed E-state index contributed by atoms with van der Waals surface area (Å²) in [4.78, 5) is 0. The Hall–Kier alpha value is -0.960. The van der Waals surface area contributed by atoms with E-state index in [1.165, 1.54) is 0 Å². The Morgan fingerprint density at radius 3 is 2.50 bits per heavy atom. The first-order valence-corrected chi connectivity index (χ1v) is 5.60. The van der Waals surface area contributed by atoms with Crippen LogP contribution in [0.4, 0.5) is 0 Å². The van der Waals surface area contributed by atoms with Gasteiger partial charge in [0.15, 0.2) is 0 Å². The van der Waals surface area contributed by atoms with Crippen molar-refractivity contribution in [3.63, 3.8) is 0 Å². The minimum Gasteiger partial charge on any atom is -0.464 e. The summed E-state index contributed by atoms with van der Waals surface area (Å²) in [6, 6.07) is 8.61. The van der Waals surface area contributed by atoms with Crippen molar-refractivity contribution >= 4 is 23.2 Å². The van der Waals surface area contributed by atoms with Crippen LogP contribution < -0.4 is 5.73 Å². The summed E-state index contributed by atoms with van der Waals surface area (Å²) < 4.78 is 5.47. The number of nitrogens with two attached hydrogens (primary N) is 1. The van der Waals surface area contributed by atoms with E-state index in [1.54, 1.807) is 12.1 Å². The van der Waals surface area contributed by atoms with Crippen LogP contribution in [0.25, 0.3) is 0 Å². The number of furan rings is 1. The third kappa shape index (κ3) is 2.24. The molecule has 1 unspecified atom stereocenters. The predicted molar refractivity (Wildman–Crippen MR) is 65.9 cm³/mol. The lowest BCUT2D eigenvalue weighted by molar-refractivity contribution is 0.466. The largest absolute Gasteiger partial charge is 0.464 e. The summed E-state index contributed by atoms with van der Waals surface area (Å²) in [6.07, 6.45) is 0. The Morgan fingerprint density at radius 1 is 1.19 bits per heavy atom. The van der Waals surface area contributed by atoms with Crippen molar-refractivity contribution in [2.45, 2.75) is 13.0 Å². The second-order valence-electron chi connectivity index (χ2n) is 3.59. The van der Waals surface area contributed by atoms with E-state index in [0.29, 0.717) is 15.8 Å². The molecule has 0 radical (unpaired) electrons. The van der Waals surface area contributed by atoms with Gasteiger partial charge in [-0.05, 0) is 36.8 Å². The van der Waals surface area contributed by atoms with Gasteiger partial charge in [-0.3, -0.25) is 0 Å². The van der Waals surface area contributed by atoms with Crippen LogP contribution in [0.5, 0.6) is 0 Å². The fourth-order valence-corrected chi connectivity index (χ4v) is 2.05. The first kappa shape index (κ1) is 11.5. The highest BCUT2D eigenvalue weighted by atomic mass is 35.5. The minimum atomic E-state index is -0.363. The molecule has 1 heterocycles. The van der Waals surface area contributed by atoms with Gasteiger partial charge in [0, 0.05) is 10.0 Å². The van der Waals surface area contributed by atoms with Gasteiger partial charge in [0.2, 0.25) is 0 Å². The Kier molecular flexibility index (Phi) is 3.24. The molecule has 0 spiro atoms. The summed E-state index contributed by atoms with van der Waals surface area (Å²) in [5.74, 6) is 1.53. The van der Waals surface area contributed by atoms with Crippen LogP contribution in [0.1, 0.15) is 23.1 Å². The van der Waals surface area contributed by atoms with E-state index in [9.17, 15) is 0 Å². The summed E-state index contributed by atoms with van der Waals surface area (Å²) in [5.41, 5.74) is 6.87. The first-order valence-electron chi connectivity index (χ1n) is 4.85. The number of rotatable bonds is 2. The molecule has 0 aliphatic rings. The van der Waals surface area contributed by atoms with E-state index in [1.807, 2.05) is 25.1 Å². The lowest BCUT2D eigenvalue weighted by Crippen LogP contribution is -2.11. The molecular weight excluding hydrogens is 245 g/mol. The van der Waals surface area contributed by atoms with Crippen LogP contribution in [0.2, 0.25) is 10.0 Å². The SMILES string of the molecule is Cc1ccc(C(N)c2ccc(Cl)cc2Cl)o1. The molecule has 0 aliphatic carbocycles. The van der Waals surface area contributed by atoms with E-state index in [4.69, 9.17) is 33.4 Å². The van der Waals surface area contributed by atoms with Gasteiger partial charge >= 0.3 is 0 Å². The molecule has 2 rings (SSSR count). The molecule has 1 atom stereocenters. The third-order valence-corrected chi connectivity index (χ3v) is 2.93. The van der Waals surface area contributed by atoms with Crippen LogP contribution in [-0.2, 0) is 0 Å². The normalized spacial score (nSPS) is 12.8. The van der Waals surface area contributed by atoms with Crippen LogP contribution in [0.15, 0.2) is 34.7 Å². The van der Waals surface area contributed by atoms with Crippen molar-refractivity contribution in [1.29, 1.82) is 0 Å². The van der Waals surface area contributed by atoms with Crippen LogP contribution in [0, 0.1) is 6.92 Å². The van der Waals surface area contributed by atoms with Crippen LogP contribution in [0.3, 0.4) is 0 Å². The second kappa shape index (κ2) is 4.50. The Bertz CT molecular complexity index is 507. The van der Waals surface area contributed by atoms with Crippen molar-refractivity contribution in [3.05, 3.63) is 57.5 Å². The fraction of sp³-hybridized carbons (Fsp3) is 0.167. The average molecular weight is 256 g/mol. The molecule has 84 valence electrons. The molecule has 2 nitrogen and oxygen atoms in total. The van der Waals surface area contributed by atoms with Gasteiger partial charge in [0.05, 0.1) is 6.04 Å². The van der Waals surface area contributed by atoms with Gasteiger partial charge in [0.25, 0.3) is 0 Å². The molecule has 1 aromatic heterocycles. The van der Waals surface area contributed by atoms with Crippen molar-refractivity contribution in [2.75, 3.05) is 0 Å². The second-order valence-corrected chi connectivity index (χ2v) is 4.44. The highest BCUT2D eigenvalue weighted by Crippen LogP contribution is 2.29. The first-order chi connectivity index (χ1) is 7.58. The quantitative estimate of drug-likeness (QED) is 0.883. The number of aryl methyl sites for hydroxylation is 1. The number of hydrogen-bond acceptors (Lipinski definition) is 2. The third-order valence-electron chi connectivity index (χ3n) is 2.37. The van der Waals surface area contributed by atoms with E-state index in [-0.39, 0.29) is 6.04 Å². The maximum absolute atomic E-state index is 6.07. The average Bonchev–Trinajstić information content (AvgIpc) is 2.64. The summed E-state index contributed by atoms with van der Waals surface area (Å²) >= 11 is 11.9. The lowest BCUT2D eigenvalue weighted by Gasteiger charge is -2.11. The Labute approximate surface area is 104 Å². The van der Waals surface area contributed by atoms with E-state index < -0.39 is 0 Å². The monoisotopic (exact) mass is 255 g/mol.